The highest BCUT2D eigenvalue weighted by atomic mass is 32.2. The van der Waals surface area contributed by atoms with Crippen LogP contribution in [0.5, 0.6) is 0 Å². The average Bonchev–Trinajstić information content (AvgIpc) is 2.97. The van der Waals surface area contributed by atoms with E-state index >= 15 is 0 Å². The van der Waals surface area contributed by atoms with Crippen LogP contribution in [0.3, 0.4) is 0 Å². The molecule has 1 N–H and O–H groups in total. The Morgan fingerprint density at radius 1 is 1.22 bits per heavy atom. The summed E-state index contributed by atoms with van der Waals surface area (Å²) in [4.78, 5) is 3.26. The van der Waals surface area contributed by atoms with Gasteiger partial charge in [0.25, 0.3) is 10.0 Å². The lowest BCUT2D eigenvalue weighted by Gasteiger charge is -2.10. The first-order chi connectivity index (χ1) is 11.0. The molecule has 0 bridgehead atoms. The Bertz CT molecular complexity index is 1010. The van der Waals surface area contributed by atoms with Gasteiger partial charge in [0, 0.05) is 5.69 Å². The second-order valence-corrected chi connectivity index (χ2v) is 6.70. The van der Waals surface area contributed by atoms with Gasteiger partial charge in [-0.3, -0.25) is 4.72 Å². The van der Waals surface area contributed by atoms with Gasteiger partial charge in [-0.05, 0) is 41.8 Å². The van der Waals surface area contributed by atoms with Crippen LogP contribution in [0.15, 0.2) is 53.4 Å². The van der Waals surface area contributed by atoms with E-state index in [2.05, 4.69) is 15.6 Å². The molecule has 6 heteroatoms. The molecule has 5 nitrogen and oxygen atoms in total. The van der Waals surface area contributed by atoms with Crippen molar-refractivity contribution in [2.45, 2.75) is 11.3 Å². The molecule has 0 saturated carbocycles. The van der Waals surface area contributed by atoms with Crippen LogP contribution in [0.1, 0.15) is 11.1 Å². The van der Waals surface area contributed by atoms with Gasteiger partial charge in [0.15, 0.2) is 5.69 Å². The standard InChI is InChI=1S/C17H11N3O2S/c1-19-14-3-2-4-16(9-14)23(21,22)20-15-8-7-12-5-6-13(11-18)17(12)10-15/h2-4,6-10,20H,5H2. The van der Waals surface area contributed by atoms with Crippen LogP contribution < -0.4 is 4.72 Å². The van der Waals surface area contributed by atoms with Crippen LogP contribution in [0, 0.1) is 17.9 Å². The maximum Gasteiger partial charge on any atom is 0.260 e. The van der Waals surface area contributed by atoms with Gasteiger partial charge >= 0.3 is 0 Å². The first-order valence-electron chi connectivity index (χ1n) is 6.77. The number of anilines is 1. The Hall–Kier alpha value is -3.09. The molecular formula is C17H11N3O2S. The van der Waals surface area contributed by atoms with E-state index < -0.39 is 10.0 Å². The summed E-state index contributed by atoms with van der Waals surface area (Å²) in [5, 5.41) is 9.09. The van der Waals surface area contributed by atoms with Crippen molar-refractivity contribution in [3.05, 3.63) is 71.1 Å². The molecule has 0 spiro atoms. The summed E-state index contributed by atoms with van der Waals surface area (Å²) in [6.45, 7) is 6.97. The quantitative estimate of drug-likeness (QED) is 0.879. The number of nitrogens with zero attached hydrogens (tertiary/aromatic N) is 2. The van der Waals surface area contributed by atoms with E-state index in [9.17, 15) is 8.42 Å². The number of nitriles is 1. The normalized spacial score (nSPS) is 12.7. The van der Waals surface area contributed by atoms with Crippen molar-refractivity contribution in [3.8, 4) is 6.07 Å². The van der Waals surface area contributed by atoms with E-state index in [1.165, 1.54) is 18.2 Å². The number of allylic oxidation sites excluding steroid dienone is 2. The minimum atomic E-state index is -3.78. The largest absolute Gasteiger partial charge is 0.280 e. The average molecular weight is 321 g/mol. The van der Waals surface area contributed by atoms with E-state index in [1.807, 2.05) is 12.1 Å². The Morgan fingerprint density at radius 3 is 2.78 bits per heavy atom. The smallest absolute Gasteiger partial charge is 0.260 e. The number of rotatable bonds is 3. The lowest BCUT2D eigenvalue weighted by Crippen LogP contribution is -2.13. The molecule has 0 fully saturated rings. The minimum absolute atomic E-state index is 0.0301. The summed E-state index contributed by atoms with van der Waals surface area (Å²) >= 11 is 0. The number of benzene rings is 2. The number of sulfonamides is 1. The second kappa shape index (κ2) is 5.60. The zero-order valence-electron chi connectivity index (χ0n) is 11.9. The topological polar surface area (TPSA) is 74.3 Å². The first-order valence-corrected chi connectivity index (χ1v) is 8.26. The summed E-state index contributed by atoms with van der Waals surface area (Å²) in [5.74, 6) is 0. The molecule has 0 atom stereocenters. The molecule has 23 heavy (non-hydrogen) atoms. The van der Waals surface area contributed by atoms with E-state index in [-0.39, 0.29) is 10.6 Å². The van der Waals surface area contributed by atoms with E-state index in [1.54, 1.807) is 18.2 Å². The van der Waals surface area contributed by atoms with Gasteiger partial charge in [0.2, 0.25) is 0 Å². The summed E-state index contributed by atoms with van der Waals surface area (Å²) in [6.07, 6.45) is 2.50. The maximum absolute atomic E-state index is 12.4. The maximum atomic E-state index is 12.4. The lowest BCUT2D eigenvalue weighted by atomic mass is 10.1. The van der Waals surface area contributed by atoms with Crippen LogP contribution in [0.2, 0.25) is 0 Å². The molecule has 2 aromatic rings. The highest BCUT2D eigenvalue weighted by Crippen LogP contribution is 2.30. The highest BCUT2D eigenvalue weighted by molar-refractivity contribution is 7.92. The third kappa shape index (κ3) is 2.80. The molecule has 0 unspecified atom stereocenters. The van der Waals surface area contributed by atoms with Crippen LogP contribution in [-0.2, 0) is 16.4 Å². The number of hydrogen-bond acceptors (Lipinski definition) is 3. The highest BCUT2D eigenvalue weighted by Gasteiger charge is 2.18. The van der Waals surface area contributed by atoms with Crippen LogP contribution in [0.4, 0.5) is 11.4 Å². The zero-order chi connectivity index (χ0) is 16.4. The van der Waals surface area contributed by atoms with E-state index in [4.69, 9.17) is 11.8 Å². The molecule has 3 rings (SSSR count). The minimum Gasteiger partial charge on any atom is -0.280 e. The van der Waals surface area contributed by atoms with Crippen molar-refractivity contribution in [2.75, 3.05) is 4.72 Å². The molecule has 0 radical (unpaired) electrons. The molecule has 0 aliphatic heterocycles. The van der Waals surface area contributed by atoms with Gasteiger partial charge in [-0.25, -0.2) is 13.3 Å². The fourth-order valence-electron chi connectivity index (χ4n) is 2.43. The Labute approximate surface area is 134 Å². The summed E-state index contributed by atoms with van der Waals surface area (Å²) in [7, 11) is -3.78. The fraction of sp³-hybridized carbons (Fsp3) is 0.0588. The molecule has 1 aliphatic rings. The third-order valence-corrected chi connectivity index (χ3v) is 4.93. The first kappa shape index (κ1) is 14.8. The number of nitrogens with one attached hydrogen (secondary N) is 1. The lowest BCUT2D eigenvalue weighted by molar-refractivity contribution is 0.601. The van der Waals surface area contributed by atoms with Gasteiger partial charge < -0.3 is 0 Å². The van der Waals surface area contributed by atoms with Crippen LogP contribution >= 0.6 is 0 Å². The van der Waals surface area contributed by atoms with E-state index in [0.29, 0.717) is 17.7 Å². The molecular weight excluding hydrogens is 310 g/mol. The van der Waals surface area contributed by atoms with Crippen LogP contribution in [0.25, 0.3) is 10.4 Å². The monoisotopic (exact) mass is 321 g/mol. The van der Waals surface area contributed by atoms with Gasteiger partial charge in [-0.2, -0.15) is 5.26 Å². The molecule has 0 heterocycles. The van der Waals surface area contributed by atoms with E-state index in [0.717, 1.165) is 11.1 Å². The summed E-state index contributed by atoms with van der Waals surface area (Å²) in [5.41, 5.74) is 2.95. The molecule has 0 saturated heterocycles. The van der Waals surface area contributed by atoms with Crippen molar-refractivity contribution in [2.24, 2.45) is 0 Å². The zero-order valence-corrected chi connectivity index (χ0v) is 12.8. The third-order valence-electron chi connectivity index (χ3n) is 3.56. The summed E-state index contributed by atoms with van der Waals surface area (Å²) < 4.78 is 27.3. The predicted molar refractivity (Wildman–Crippen MR) is 87.2 cm³/mol. The van der Waals surface area contributed by atoms with Crippen molar-refractivity contribution < 1.29 is 8.42 Å². The van der Waals surface area contributed by atoms with Gasteiger partial charge in [0.05, 0.1) is 23.1 Å². The SMILES string of the molecule is [C-]#[N+]c1cccc(S(=O)(=O)Nc2ccc3c(c2)C(C#N)=CC3)c1. The van der Waals surface area contributed by atoms with Crippen molar-refractivity contribution in [1.82, 2.24) is 0 Å². The van der Waals surface area contributed by atoms with Crippen molar-refractivity contribution >= 4 is 27.0 Å². The van der Waals surface area contributed by atoms with Crippen LogP contribution in [-0.4, -0.2) is 8.42 Å². The van der Waals surface area contributed by atoms with Crippen molar-refractivity contribution in [3.63, 3.8) is 0 Å². The van der Waals surface area contributed by atoms with Gasteiger partial charge in [-0.1, -0.05) is 24.3 Å². The molecule has 112 valence electrons. The summed E-state index contributed by atoms with van der Waals surface area (Å²) in [6, 6.07) is 13.1. The number of fused-ring (bicyclic) bond motifs is 1. The Morgan fingerprint density at radius 2 is 2.04 bits per heavy atom. The Balaban J connectivity index is 1.95. The van der Waals surface area contributed by atoms with Gasteiger partial charge in [0.1, 0.15) is 0 Å². The molecule has 2 aromatic carbocycles. The predicted octanol–water partition coefficient (Wildman–Crippen LogP) is 3.50. The second-order valence-electron chi connectivity index (χ2n) is 5.02. The fourth-order valence-corrected chi connectivity index (χ4v) is 3.52. The molecule has 0 amide bonds. The molecule has 0 aromatic heterocycles. The Kier molecular flexibility index (Phi) is 3.61. The molecule has 1 aliphatic carbocycles. The van der Waals surface area contributed by atoms with Gasteiger partial charge in [-0.15, -0.1) is 0 Å². The van der Waals surface area contributed by atoms with Crippen molar-refractivity contribution in [1.29, 1.82) is 5.26 Å². The number of hydrogen-bond donors (Lipinski definition) is 1.